The molecule has 0 unspecified atom stereocenters. The van der Waals surface area contributed by atoms with Crippen LogP contribution in [0.2, 0.25) is 0 Å². The maximum Gasteiger partial charge on any atom is 0.123 e. The molecule has 24 heavy (non-hydrogen) atoms. The molecule has 1 aliphatic rings. The molecule has 3 rings (SSSR count). The van der Waals surface area contributed by atoms with Crippen molar-refractivity contribution in [3.8, 4) is 16.9 Å². The molecule has 1 aliphatic heterocycles. The Morgan fingerprint density at radius 3 is 2.62 bits per heavy atom. The van der Waals surface area contributed by atoms with Gasteiger partial charge in [0.25, 0.3) is 0 Å². The van der Waals surface area contributed by atoms with Gasteiger partial charge in [-0.25, -0.2) is 0 Å². The first-order valence-electron chi connectivity index (χ1n) is 8.92. The second kappa shape index (κ2) is 9.71. The van der Waals surface area contributed by atoms with Crippen molar-refractivity contribution in [1.29, 1.82) is 0 Å². The van der Waals surface area contributed by atoms with Gasteiger partial charge in [0.2, 0.25) is 0 Å². The summed E-state index contributed by atoms with van der Waals surface area (Å²) in [5.41, 5.74) is 3.92. The summed E-state index contributed by atoms with van der Waals surface area (Å²) in [6.07, 6.45) is 6.26. The number of fused-ring (bicyclic) bond motifs is 1. The van der Waals surface area contributed by atoms with Gasteiger partial charge in [0.15, 0.2) is 0 Å². The molecule has 3 heteroatoms. The zero-order chi connectivity index (χ0) is 15.9. The van der Waals surface area contributed by atoms with Gasteiger partial charge < -0.3 is 10.1 Å². The van der Waals surface area contributed by atoms with Crippen LogP contribution >= 0.6 is 12.4 Å². The minimum atomic E-state index is 0. The average Bonchev–Trinajstić information content (AvgIpc) is 2.62. The highest BCUT2D eigenvalue weighted by atomic mass is 35.5. The van der Waals surface area contributed by atoms with Crippen molar-refractivity contribution in [2.75, 3.05) is 13.2 Å². The molecule has 0 saturated carbocycles. The third-order valence-electron chi connectivity index (χ3n) is 4.57. The van der Waals surface area contributed by atoms with Crippen molar-refractivity contribution in [3.63, 3.8) is 0 Å². The second-order valence-corrected chi connectivity index (χ2v) is 6.38. The van der Waals surface area contributed by atoms with Gasteiger partial charge in [0.05, 0.1) is 0 Å². The van der Waals surface area contributed by atoms with Crippen LogP contribution in [0.4, 0.5) is 0 Å². The minimum absolute atomic E-state index is 0. The number of rotatable bonds is 7. The van der Waals surface area contributed by atoms with Crippen LogP contribution < -0.4 is 10.1 Å². The van der Waals surface area contributed by atoms with E-state index in [0.29, 0.717) is 6.04 Å². The molecule has 0 amide bonds. The smallest absolute Gasteiger partial charge is 0.123 e. The van der Waals surface area contributed by atoms with Crippen molar-refractivity contribution in [2.24, 2.45) is 0 Å². The Hall–Kier alpha value is -1.51. The quantitative estimate of drug-likeness (QED) is 0.692. The molecule has 1 N–H and O–H groups in total. The van der Waals surface area contributed by atoms with Crippen LogP contribution in [0.5, 0.6) is 5.75 Å². The molecule has 0 aromatic heterocycles. The first-order chi connectivity index (χ1) is 11.4. The van der Waals surface area contributed by atoms with Crippen molar-refractivity contribution >= 4 is 12.4 Å². The fourth-order valence-corrected chi connectivity index (χ4v) is 3.28. The maximum absolute atomic E-state index is 6.01. The monoisotopic (exact) mass is 345 g/mol. The lowest BCUT2D eigenvalue weighted by Gasteiger charge is -2.28. The van der Waals surface area contributed by atoms with Gasteiger partial charge in [0.1, 0.15) is 12.4 Å². The van der Waals surface area contributed by atoms with Gasteiger partial charge >= 0.3 is 0 Å². The van der Waals surface area contributed by atoms with Crippen LogP contribution in [0.3, 0.4) is 0 Å². The van der Waals surface area contributed by atoms with Gasteiger partial charge in [0, 0.05) is 11.6 Å². The van der Waals surface area contributed by atoms with Gasteiger partial charge in [-0.2, -0.15) is 0 Å². The molecule has 0 bridgehead atoms. The Labute approximate surface area is 152 Å². The lowest BCUT2D eigenvalue weighted by atomic mass is 9.93. The molecule has 0 spiro atoms. The van der Waals surface area contributed by atoms with Gasteiger partial charge in [-0.05, 0) is 36.6 Å². The van der Waals surface area contributed by atoms with E-state index in [1.807, 2.05) is 0 Å². The van der Waals surface area contributed by atoms with E-state index in [-0.39, 0.29) is 12.4 Å². The normalized spacial score (nSPS) is 16.0. The van der Waals surface area contributed by atoms with Crippen LogP contribution in [0, 0.1) is 0 Å². The number of hydrogen-bond acceptors (Lipinski definition) is 2. The summed E-state index contributed by atoms with van der Waals surface area (Å²) in [6, 6.07) is 17.4. The molecule has 0 aliphatic carbocycles. The third kappa shape index (κ3) is 4.75. The number of unbranched alkanes of at least 4 members (excludes halogenated alkanes) is 3. The number of halogens is 1. The maximum atomic E-state index is 6.01. The lowest BCUT2D eigenvalue weighted by Crippen LogP contribution is -2.39. The van der Waals surface area contributed by atoms with Crippen molar-refractivity contribution in [3.05, 3.63) is 54.1 Å². The molecule has 0 radical (unpaired) electrons. The average molecular weight is 346 g/mol. The molecule has 0 saturated heterocycles. The summed E-state index contributed by atoms with van der Waals surface area (Å²) in [5, 5.41) is 3.68. The standard InChI is InChI=1S/C21H27NO.ClH/c1-2-3-4-8-14-22-18-15-20-19(17-10-6-5-7-11-17)12-9-13-21(20)23-16-18;/h5-7,9-13,18,22H,2-4,8,14-16H2,1H3;1H/t18-;/m1./s1. The lowest BCUT2D eigenvalue weighted by molar-refractivity contribution is 0.239. The SMILES string of the molecule is CCCCCCN[C@H]1COc2cccc(-c3ccccc3)c2C1.Cl. The van der Waals surface area contributed by atoms with Crippen molar-refractivity contribution in [1.82, 2.24) is 5.32 Å². The molecular formula is C21H28ClNO. The van der Waals surface area contributed by atoms with Gasteiger partial charge in [-0.3, -0.25) is 0 Å². The summed E-state index contributed by atoms with van der Waals surface area (Å²) in [6.45, 7) is 4.13. The Balaban J connectivity index is 0.00000208. The Morgan fingerprint density at radius 2 is 1.83 bits per heavy atom. The van der Waals surface area contributed by atoms with Crippen LogP contribution in [0.15, 0.2) is 48.5 Å². The summed E-state index contributed by atoms with van der Waals surface area (Å²) >= 11 is 0. The largest absolute Gasteiger partial charge is 0.492 e. The third-order valence-corrected chi connectivity index (χ3v) is 4.57. The highest BCUT2D eigenvalue weighted by Crippen LogP contribution is 2.34. The van der Waals surface area contributed by atoms with E-state index >= 15 is 0 Å². The zero-order valence-corrected chi connectivity index (χ0v) is 15.3. The number of nitrogens with one attached hydrogen (secondary N) is 1. The van der Waals surface area contributed by atoms with Crippen LogP contribution in [-0.4, -0.2) is 19.2 Å². The minimum Gasteiger partial charge on any atom is -0.492 e. The first kappa shape index (κ1) is 18.8. The topological polar surface area (TPSA) is 21.3 Å². The Bertz CT molecular complexity index is 614. The molecule has 2 aromatic rings. The molecule has 2 aromatic carbocycles. The molecule has 0 fully saturated rings. The van der Waals surface area contributed by atoms with Crippen LogP contribution in [-0.2, 0) is 6.42 Å². The highest BCUT2D eigenvalue weighted by Gasteiger charge is 2.22. The second-order valence-electron chi connectivity index (χ2n) is 6.38. The summed E-state index contributed by atoms with van der Waals surface area (Å²) in [5.74, 6) is 1.05. The first-order valence-corrected chi connectivity index (χ1v) is 8.92. The summed E-state index contributed by atoms with van der Waals surface area (Å²) in [7, 11) is 0. The Kier molecular flexibility index (Phi) is 7.61. The molecular weight excluding hydrogens is 318 g/mol. The zero-order valence-electron chi connectivity index (χ0n) is 14.5. The van der Waals surface area contributed by atoms with Crippen molar-refractivity contribution in [2.45, 2.75) is 45.1 Å². The fourth-order valence-electron chi connectivity index (χ4n) is 3.28. The van der Waals surface area contributed by atoms with Gasteiger partial charge in [-0.1, -0.05) is 68.7 Å². The number of ether oxygens (including phenoxy) is 1. The summed E-state index contributed by atoms with van der Waals surface area (Å²) in [4.78, 5) is 0. The molecule has 1 heterocycles. The van der Waals surface area contributed by atoms with Gasteiger partial charge in [-0.15, -0.1) is 12.4 Å². The van der Waals surface area contributed by atoms with E-state index in [2.05, 4.69) is 60.8 Å². The highest BCUT2D eigenvalue weighted by molar-refractivity contribution is 5.85. The van der Waals surface area contributed by atoms with E-state index < -0.39 is 0 Å². The summed E-state index contributed by atoms with van der Waals surface area (Å²) < 4.78 is 6.01. The van der Waals surface area contributed by atoms with E-state index in [1.54, 1.807) is 0 Å². The van der Waals surface area contributed by atoms with Crippen molar-refractivity contribution < 1.29 is 4.74 Å². The van der Waals surface area contributed by atoms with E-state index in [4.69, 9.17) is 4.74 Å². The number of benzene rings is 2. The van der Waals surface area contributed by atoms with Crippen LogP contribution in [0.1, 0.15) is 38.2 Å². The van der Waals surface area contributed by atoms with E-state index in [9.17, 15) is 0 Å². The van der Waals surface area contributed by atoms with E-state index in [1.165, 1.54) is 42.4 Å². The molecule has 2 nitrogen and oxygen atoms in total. The Morgan fingerprint density at radius 1 is 1.00 bits per heavy atom. The molecule has 1 atom stereocenters. The van der Waals surface area contributed by atoms with Crippen LogP contribution in [0.25, 0.3) is 11.1 Å². The molecule has 130 valence electrons. The predicted octanol–water partition coefficient (Wildman–Crippen LogP) is 5.25. The number of hydrogen-bond donors (Lipinski definition) is 1. The van der Waals surface area contributed by atoms with E-state index in [0.717, 1.165) is 25.3 Å². The fraction of sp³-hybridized carbons (Fsp3) is 0.429. The predicted molar refractivity (Wildman–Crippen MR) is 104 cm³/mol.